The van der Waals surface area contributed by atoms with Gasteiger partial charge in [0.05, 0.1) is 28.4 Å². The zero-order chi connectivity index (χ0) is 26.4. The zero-order valence-corrected chi connectivity index (χ0v) is 22.9. The molecule has 196 valence electrons. The van der Waals surface area contributed by atoms with Gasteiger partial charge >= 0.3 is 0 Å². The van der Waals surface area contributed by atoms with Gasteiger partial charge in [0.25, 0.3) is 0 Å². The van der Waals surface area contributed by atoms with Crippen molar-refractivity contribution in [2.24, 2.45) is 0 Å². The van der Waals surface area contributed by atoms with Gasteiger partial charge in [-0.2, -0.15) is 0 Å². The van der Waals surface area contributed by atoms with Crippen LogP contribution in [0.1, 0.15) is 61.6 Å². The SMILES string of the molecule is CNc1cc(OC)c(OC)cc1/C=C(\C)c1cc(OC)c(OC)c(-c2ccc(C3CCCCC3)cc2)c1. The van der Waals surface area contributed by atoms with Crippen LogP contribution in [0.15, 0.2) is 48.5 Å². The van der Waals surface area contributed by atoms with Crippen molar-refractivity contribution in [1.82, 2.24) is 0 Å². The molecule has 1 aliphatic rings. The minimum absolute atomic E-state index is 0.679. The summed E-state index contributed by atoms with van der Waals surface area (Å²) >= 11 is 0. The first-order valence-corrected chi connectivity index (χ1v) is 13.0. The molecule has 0 aliphatic heterocycles. The van der Waals surface area contributed by atoms with E-state index in [2.05, 4.69) is 48.6 Å². The lowest BCUT2D eigenvalue weighted by atomic mass is 9.83. The predicted molar refractivity (Wildman–Crippen MR) is 153 cm³/mol. The van der Waals surface area contributed by atoms with Crippen LogP contribution >= 0.6 is 0 Å². The fraction of sp³-hybridized carbons (Fsp3) is 0.375. The topological polar surface area (TPSA) is 49.0 Å². The van der Waals surface area contributed by atoms with E-state index < -0.39 is 0 Å². The largest absolute Gasteiger partial charge is 0.493 e. The third-order valence-electron chi connectivity index (χ3n) is 7.43. The molecule has 0 amide bonds. The summed E-state index contributed by atoms with van der Waals surface area (Å²) in [6.07, 6.45) is 8.76. The number of methoxy groups -OCH3 is 4. The molecule has 0 aromatic heterocycles. The van der Waals surface area contributed by atoms with Crippen LogP contribution in [0.25, 0.3) is 22.8 Å². The van der Waals surface area contributed by atoms with Crippen molar-refractivity contribution in [1.29, 1.82) is 0 Å². The molecule has 1 saturated carbocycles. The van der Waals surface area contributed by atoms with Gasteiger partial charge in [-0.3, -0.25) is 0 Å². The Bertz CT molecular complexity index is 1240. The number of hydrogen-bond acceptors (Lipinski definition) is 5. The van der Waals surface area contributed by atoms with Gasteiger partial charge in [0, 0.05) is 29.9 Å². The Morgan fingerprint density at radius 2 is 1.43 bits per heavy atom. The zero-order valence-electron chi connectivity index (χ0n) is 22.9. The van der Waals surface area contributed by atoms with Crippen molar-refractivity contribution >= 4 is 17.3 Å². The second-order valence-electron chi connectivity index (χ2n) is 9.59. The maximum absolute atomic E-state index is 5.83. The van der Waals surface area contributed by atoms with Crippen molar-refractivity contribution in [2.75, 3.05) is 40.8 Å². The summed E-state index contributed by atoms with van der Waals surface area (Å²) in [5.74, 6) is 3.50. The summed E-state index contributed by atoms with van der Waals surface area (Å²) in [4.78, 5) is 0. The normalized spacial score (nSPS) is 14.3. The fourth-order valence-corrected chi connectivity index (χ4v) is 5.32. The molecule has 0 heterocycles. The summed E-state index contributed by atoms with van der Waals surface area (Å²) in [5.41, 5.74) is 7.68. The van der Waals surface area contributed by atoms with Crippen molar-refractivity contribution in [3.05, 3.63) is 65.2 Å². The predicted octanol–water partition coefficient (Wildman–Crippen LogP) is 8.04. The van der Waals surface area contributed by atoms with Crippen LogP contribution in [0.3, 0.4) is 0 Å². The van der Waals surface area contributed by atoms with Crippen LogP contribution in [-0.2, 0) is 0 Å². The Hall–Kier alpha value is -3.60. The summed E-state index contributed by atoms with van der Waals surface area (Å²) in [7, 11) is 8.58. The molecule has 1 aliphatic carbocycles. The molecule has 5 nitrogen and oxygen atoms in total. The summed E-state index contributed by atoms with van der Waals surface area (Å²) < 4.78 is 22.6. The summed E-state index contributed by atoms with van der Waals surface area (Å²) in [5, 5.41) is 3.26. The van der Waals surface area contributed by atoms with Crippen molar-refractivity contribution in [3.63, 3.8) is 0 Å². The molecule has 0 saturated heterocycles. The molecule has 0 atom stereocenters. The lowest BCUT2D eigenvalue weighted by molar-refractivity contribution is 0.355. The van der Waals surface area contributed by atoms with E-state index in [1.807, 2.05) is 25.2 Å². The van der Waals surface area contributed by atoms with Gasteiger partial charge in [0.2, 0.25) is 0 Å². The molecular formula is C32H39NO4. The van der Waals surface area contributed by atoms with Crippen LogP contribution in [0.5, 0.6) is 23.0 Å². The van der Waals surface area contributed by atoms with E-state index in [1.165, 1.54) is 37.7 Å². The molecule has 1 fully saturated rings. The van der Waals surface area contributed by atoms with Crippen molar-refractivity contribution < 1.29 is 18.9 Å². The standard InChI is InChI=1S/C32H39NO4/c1-21(16-26-19-29(34-3)30(35-4)20-28(26)33-2)25-17-27(32(37-6)31(18-25)36-5)24-14-12-23(13-15-24)22-10-8-7-9-11-22/h12-20,22,33H,7-11H2,1-6H3/b21-16+. The van der Waals surface area contributed by atoms with Crippen LogP contribution in [0.2, 0.25) is 0 Å². The highest BCUT2D eigenvalue weighted by atomic mass is 16.5. The number of ether oxygens (including phenoxy) is 4. The number of hydrogen-bond donors (Lipinski definition) is 1. The smallest absolute Gasteiger partial charge is 0.168 e. The van der Waals surface area contributed by atoms with Gasteiger partial charge in [-0.25, -0.2) is 0 Å². The highest BCUT2D eigenvalue weighted by Crippen LogP contribution is 2.42. The second kappa shape index (κ2) is 12.1. The van der Waals surface area contributed by atoms with Crippen molar-refractivity contribution in [3.8, 4) is 34.1 Å². The molecule has 0 unspecified atom stereocenters. The third kappa shape index (κ3) is 5.71. The highest BCUT2D eigenvalue weighted by molar-refractivity contribution is 5.88. The van der Waals surface area contributed by atoms with Gasteiger partial charge in [-0.1, -0.05) is 43.5 Å². The first-order valence-electron chi connectivity index (χ1n) is 13.0. The minimum atomic E-state index is 0.679. The molecular weight excluding hydrogens is 462 g/mol. The van der Waals surface area contributed by atoms with Crippen LogP contribution in [-0.4, -0.2) is 35.5 Å². The van der Waals surface area contributed by atoms with Gasteiger partial charge in [0.15, 0.2) is 23.0 Å². The molecule has 37 heavy (non-hydrogen) atoms. The molecule has 3 aromatic carbocycles. The summed E-state index contributed by atoms with van der Waals surface area (Å²) in [6, 6.07) is 17.2. The maximum Gasteiger partial charge on any atom is 0.168 e. The lowest BCUT2D eigenvalue weighted by Crippen LogP contribution is -2.04. The fourth-order valence-electron chi connectivity index (χ4n) is 5.32. The molecule has 4 rings (SSSR count). The lowest BCUT2D eigenvalue weighted by Gasteiger charge is -2.22. The number of anilines is 1. The Balaban J connectivity index is 1.75. The third-order valence-corrected chi connectivity index (χ3v) is 7.43. The van der Waals surface area contributed by atoms with E-state index in [1.54, 1.807) is 28.4 Å². The van der Waals surface area contributed by atoms with E-state index in [0.29, 0.717) is 23.2 Å². The molecule has 1 N–H and O–H groups in total. The Morgan fingerprint density at radius 1 is 0.784 bits per heavy atom. The highest BCUT2D eigenvalue weighted by Gasteiger charge is 2.18. The number of benzene rings is 3. The van der Waals surface area contributed by atoms with Gasteiger partial charge in [0.1, 0.15) is 0 Å². The number of rotatable bonds is 9. The van der Waals surface area contributed by atoms with Gasteiger partial charge < -0.3 is 24.3 Å². The molecule has 3 aromatic rings. The maximum atomic E-state index is 5.83. The van der Waals surface area contributed by atoms with E-state index in [4.69, 9.17) is 18.9 Å². The van der Waals surface area contributed by atoms with Crippen LogP contribution in [0.4, 0.5) is 5.69 Å². The minimum Gasteiger partial charge on any atom is -0.493 e. The average molecular weight is 502 g/mol. The Labute approximate surface area is 221 Å². The van der Waals surface area contributed by atoms with Crippen LogP contribution in [0, 0.1) is 0 Å². The van der Waals surface area contributed by atoms with E-state index in [9.17, 15) is 0 Å². The van der Waals surface area contributed by atoms with E-state index in [-0.39, 0.29) is 0 Å². The number of nitrogens with one attached hydrogen (secondary N) is 1. The molecule has 5 heteroatoms. The quantitative estimate of drug-likeness (QED) is 0.301. The van der Waals surface area contributed by atoms with Gasteiger partial charge in [-0.05, 0) is 72.2 Å². The van der Waals surface area contributed by atoms with Gasteiger partial charge in [-0.15, -0.1) is 0 Å². The summed E-state index contributed by atoms with van der Waals surface area (Å²) in [6.45, 7) is 2.10. The number of allylic oxidation sites excluding steroid dienone is 1. The molecule has 0 spiro atoms. The monoisotopic (exact) mass is 501 g/mol. The molecule has 0 radical (unpaired) electrons. The van der Waals surface area contributed by atoms with Crippen molar-refractivity contribution in [2.45, 2.75) is 44.9 Å². The van der Waals surface area contributed by atoms with E-state index >= 15 is 0 Å². The first-order chi connectivity index (χ1) is 18.0. The Morgan fingerprint density at radius 3 is 2.03 bits per heavy atom. The molecule has 0 bridgehead atoms. The van der Waals surface area contributed by atoms with E-state index in [0.717, 1.165) is 39.3 Å². The van der Waals surface area contributed by atoms with Crippen LogP contribution < -0.4 is 24.3 Å². The second-order valence-corrected chi connectivity index (χ2v) is 9.59. The Kier molecular flexibility index (Phi) is 8.65. The first kappa shape index (κ1) is 26.5. The average Bonchev–Trinajstić information content (AvgIpc) is 2.96.